The summed E-state index contributed by atoms with van der Waals surface area (Å²) in [5, 5.41) is 3.46. The Labute approximate surface area is 135 Å². The van der Waals surface area contributed by atoms with E-state index in [1.807, 2.05) is 0 Å². The van der Waals surface area contributed by atoms with Crippen molar-refractivity contribution in [2.24, 2.45) is 0 Å². The minimum absolute atomic E-state index is 0.635. The molecule has 3 rings (SSSR count). The van der Waals surface area contributed by atoms with Gasteiger partial charge in [-0.25, -0.2) is 4.98 Å². The summed E-state index contributed by atoms with van der Waals surface area (Å²) in [6, 6.07) is 0. The lowest BCUT2D eigenvalue weighted by molar-refractivity contribution is 0.726. The maximum absolute atomic E-state index is 4.90. The van der Waals surface area contributed by atoms with Crippen LogP contribution in [0.15, 0.2) is 4.47 Å². The number of rotatable bonds is 5. The Balaban J connectivity index is 1.89. The van der Waals surface area contributed by atoms with Gasteiger partial charge in [0.2, 0.25) is 5.95 Å². The summed E-state index contributed by atoms with van der Waals surface area (Å²) < 4.78 is 1.08. The van der Waals surface area contributed by atoms with E-state index in [0.717, 1.165) is 42.3 Å². The Hall–Kier alpha value is -0.840. The number of hydrogen-bond donors (Lipinski definition) is 1. The Morgan fingerprint density at radius 2 is 1.86 bits per heavy atom. The predicted octanol–water partition coefficient (Wildman–Crippen LogP) is 4.32. The molecule has 1 aromatic heterocycles. The SMILES string of the molecule is CCCNc1nc(N2CCCCCC2)nc(C2CC2)c1Br. The van der Waals surface area contributed by atoms with Crippen LogP contribution in [0.3, 0.4) is 0 Å². The Bertz CT molecular complexity index is 479. The molecule has 0 atom stereocenters. The van der Waals surface area contributed by atoms with Crippen LogP contribution in [-0.4, -0.2) is 29.6 Å². The van der Waals surface area contributed by atoms with E-state index in [1.54, 1.807) is 0 Å². The van der Waals surface area contributed by atoms with E-state index < -0.39 is 0 Å². The highest BCUT2D eigenvalue weighted by Crippen LogP contribution is 2.44. The molecule has 1 aliphatic heterocycles. The van der Waals surface area contributed by atoms with Crippen molar-refractivity contribution in [3.8, 4) is 0 Å². The molecule has 0 aromatic carbocycles. The zero-order valence-electron chi connectivity index (χ0n) is 12.9. The van der Waals surface area contributed by atoms with Crippen molar-refractivity contribution in [1.29, 1.82) is 0 Å². The predicted molar refractivity (Wildman–Crippen MR) is 91.2 cm³/mol. The van der Waals surface area contributed by atoms with E-state index >= 15 is 0 Å². The number of nitrogens with zero attached hydrogens (tertiary/aromatic N) is 3. The Kier molecular flexibility index (Phi) is 4.99. The third-order valence-electron chi connectivity index (χ3n) is 4.26. The molecule has 0 unspecified atom stereocenters. The van der Waals surface area contributed by atoms with Crippen molar-refractivity contribution >= 4 is 27.7 Å². The average molecular weight is 353 g/mol. The van der Waals surface area contributed by atoms with Crippen molar-refractivity contribution in [3.05, 3.63) is 10.2 Å². The fourth-order valence-corrected chi connectivity index (χ4v) is 3.49. The molecular weight excluding hydrogens is 328 g/mol. The van der Waals surface area contributed by atoms with Crippen molar-refractivity contribution in [3.63, 3.8) is 0 Å². The molecule has 0 amide bonds. The van der Waals surface area contributed by atoms with E-state index in [2.05, 4.69) is 33.1 Å². The molecule has 1 aromatic rings. The van der Waals surface area contributed by atoms with Gasteiger partial charge in [-0.1, -0.05) is 19.8 Å². The molecule has 1 saturated carbocycles. The van der Waals surface area contributed by atoms with Crippen molar-refractivity contribution < 1.29 is 0 Å². The molecular formula is C16H25BrN4. The largest absolute Gasteiger partial charge is 0.369 e. The minimum Gasteiger partial charge on any atom is -0.369 e. The number of anilines is 2. The topological polar surface area (TPSA) is 41.1 Å². The van der Waals surface area contributed by atoms with Gasteiger partial charge in [0.05, 0.1) is 10.2 Å². The van der Waals surface area contributed by atoms with Gasteiger partial charge in [-0.2, -0.15) is 4.98 Å². The standard InChI is InChI=1S/C16H25BrN4/c1-2-9-18-15-13(17)14(12-7-8-12)19-16(20-15)21-10-5-3-4-6-11-21/h12H,2-11H2,1H3,(H,18,19,20). The zero-order valence-corrected chi connectivity index (χ0v) is 14.5. The van der Waals surface area contributed by atoms with Crippen molar-refractivity contribution in [2.75, 3.05) is 29.9 Å². The third kappa shape index (κ3) is 3.68. The molecule has 1 saturated heterocycles. The smallest absolute Gasteiger partial charge is 0.227 e. The van der Waals surface area contributed by atoms with Crippen LogP contribution < -0.4 is 10.2 Å². The second kappa shape index (κ2) is 6.95. The highest BCUT2D eigenvalue weighted by atomic mass is 79.9. The lowest BCUT2D eigenvalue weighted by Crippen LogP contribution is -2.27. The lowest BCUT2D eigenvalue weighted by atomic mass is 10.2. The first kappa shape index (κ1) is 15.1. The van der Waals surface area contributed by atoms with Gasteiger partial charge in [0, 0.05) is 25.6 Å². The number of hydrogen-bond acceptors (Lipinski definition) is 4. The summed E-state index contributed by atoms with van der Waals surface area (Å²) >= 11 is 3.72. The van der Waals surface area contributed by atoms with Gasteiger partial charge in [-0.3, -0.25) is 0 Å². The van der Waals surface area contributed by atoms with Gasteiger partial charge in [0.1, 0.15) is 5.82 Å². The fourth-order valence-electron chi connectivity index (χ4n) is 2.85. The van der Waals surface area contributed by atoms with Gasteiger partial charge >= 0.3 is 0 Å². The van der Waals surface area contributed by atoms with Gasteiger partial charge in [-0.15, -0.1) is 0 Å². The Morgan fingerprint density at radius 3 is 2.48 bits per heavy atom. The van der Waals surface area contributed by atoms with Crippen LogP contribution in [0, 0.1) is 0 Å². The van der Waals surface area contributed by atoms with Crippen LogP contribution >= 0.6 is 15.9 Å². The number of halogens is 1. The summed E-state index contributed by atoms with van der Waals surface area (Å²) in [7, 11) is 0. The fraction of sp³-hybridized carbons (Fsp3) is 0.750. The van der Waals surface area contributed by atoms with Crippen LogP contribution in [-0.2, 0) is 0 Å². The second-order valence-electron chi connectivity index (χ2n) is 6.17. The van der Waals surface area contributed by atoms with Crippen LogP contribution in [0.4, 0.5) is 11.8 Å². The molecule has 2 fully saturated rings. The maximum atomic E-state index is 4.90. The summed E-state index contributed by atoms with van der Waals surface area (Å²) in [6.45, 7) is 5.33. The molecule has 1 N–H and O–H groups in total. The zero-order chi connectivity index (χ0) is 14.7. The first-order valence-electron chi connectivity index (χ1n) is 8.36. The highest BCUT2D eigenvalue weighted by Gasteiger charge is 2.30. The molecule has 4 nitrogen and oxygen atoms in total. The van der Waals surface area contributed by atoms with Gasteiger partial charge in [0.15, 0.2) is 0 Å². The molecule has 21 heavy (non-hydrogen) atoms. The quantitative estimate of drug-likeness (QED) is 0.856. The number of aromatic nitrogens is 2. The molecule has 0 bridgehead atoms. The normalized spacial score (nSPS) is 19.4. The van der Waals surface area contributed by atoms with Crippen molar-refractivity contribution in [1.82, 2.24) is 9.97 Å². The lowest BCUT2D eigenvalue weighted by Gasteiger charge is -2.22. The van der Waals surface area contributed by atoms with Crippen molar-refractivity contribution in [2.45, 2.75) is 57.8 Å². The molecule has 5 heteroatoms. The third-order valence-corrected chi connectivity index (χ3v) is 5.04. The van der Waals surface area contributed by atoms with E-state index in [4.69, 9.17) is 9.97 Å². The maximum Gasteiger partial charge on any atom is 0.227 e. The van der Waals surface area contributed by atoms with Crippen LogP contribution in [0.2, 0.25) is 0 Å². The first-order valence-corrected chi connectivity index (χ1v) is 9.15. The number of nitrogens with one attached hydrogen (secondary N) is 1. The Morgan fingerprint density at radius 1 is 1.14 bits per heavy atom. The molecule has 2 heterocycles. The average Bonchev–Trinajstić information content (AvgIpc) is 3.32. The summed E-state index contributed by atoms with van der Waals surface area (Å²) in [5.74, 6) is 2.55. The monoisotopic (exact) mass is 352 g/mol. The van der Waals surface area contributed by atoms with E-state index in [1.165, 1.54) is 44.2 Å². The van der Waals surface area contributed by atoms with E-state index in [0.29, 0.717) is 5.92 Å². The van der Waals surface area contributed by atoms with Gasteiger partial charge in [-0.05, 0) is 48.0 Å². The summed E-state index contributed by atoms with van der Waals surface area (Å²) in [6.07, 6.45) is 8.83. The highest BCUT2D eigenvalue weighted by molar-refractivity contribution is 9.10. The molecule has 1 aliphatic carbocycles. The van der Waals surface area contributed by atoms with Crippen LogP contribution in [0.5, 0.6) is 0 Å². The van der Waals surface area contributed by atoms with Gasteiger partial charge < -0.3 is 10.2 Å². The molecule has 0 spiro atoms. The molecule has 116 valence electrons. The van der Waals surface area contributed by atoms with E-state index in [-0.39, 0.29) is 0 Å². The van der Waals surface area contributed by atoms with Crippen LogP contribution in [0.25, 0.3) is 0 Å². The molecule has 2 aliphatic rings. The minimum atomic E-state index is 0.635. The van der Waals surface area contributed by atoms with E-state index in [9.17, 15) is 0 Å². The summed E-state index contributed by atoms with van der Waals surface area (Å²) in [4.78, 5) is 12.1. The first-order chi connectivity index (χ1) is 10.3. The van der Waals surface area contributed by atoms with Crippen LogP contribution in [0.1, 0.15) is 63.5 Å². The van der Waals surface area contributed by atoms with Gasteiger partial charge in [0.25, 0.3) is 0 Å². The second-order valence-corrected chi connectivity index (χ2v) is 6.97. The summed E-state index contributed by atoms with van der Waals surface area (Å²) in [5.41, 5.74) is 1.21. The molecule has 0 radical (unpaired) electrons.